The molecule has 208 valence electrons. The zero-order valence-corrected chi connectivity index (χ0v) is 24.0. The van der Waals surface area contributed by atoms with E-state index < -0.39 is 11.6 Å². The third kappa shape index (κ3) is 5.19. The Kier molecular flexibility index (Phi) is 7.25. The SMILES string of the molecule is Cc1cccc(Cl)c1-c1noc(C2CC2)c1COc1ccc(C2(O)CCN(c3ncc(C(=O)O)s3)CC2)c(Cl)c1. The number of hydrogen-bond acceptors (Lipinski definition) is 8. The monoisotopic (exact) mass is 599 g/mol. The number of piperidine rings is 1. The number of thiazole rings is 1. The molecular formula is C29H27Cl2N3O5S. The fraction of sp³-hybridized carbons (Fsp3) is 0.345. The van der Waals surface area contributed by atoms with Gasteiger partial charge in [-0.25, -0.2) is 9.78 Å². The van der Waals surface area contributed by atoms with Gasteiger partial charge >= 0.3 is 5.97 Å². The second-order valence-corrected chi connectivity index (χ2v) is 12.2. The number of ether oxygens (including phenoxy) is 1. The number of halogens is 2. The molecule has 0 radical (unpaired) electrons. The third-order valence-electron chi connectivity index (χ3n) is 7.62. The van der Waals surface area contributed by atoms with Gasteiger partial charge in [0.1, 0.15) is 28.7 Å². The molecule has 0 spiro atoms. The lowest BCUT2D eigenvalue weighted by Gasteiger charge is -2.38. The lowest BCUT2D eigenvalue weighted by Crippen LogP contribution is -2.42. The number of carboxylic acid groups (broad SMARTS) is 1. The Labute approximate surface area is 245 Å². The van der Waals surface area contributed by atoms with Crippen LogP contribution in [0.3, 0.4) is 0 Å². The molecule has 0 bridgehead atoms. The fourth-order valence-corrected chi connectivity index (χ4v) is 6.69. The molecule has 2 aromatic heterocycles. The van der Waals surface area contributed by atoms with Crippen LogP contribution < -0.4 is 9.64 Å². The summed E-state index contributed by atoms with van der Waals surface area (Å²) in [5.74, 6) is 0.764. The number of carboxylic acids is 1. The van der Waals surface area contributed by atoms with Crippen LogP contribution in [0.25, 0.3) is 11.3 Å². The van der Waals surface area contributed by atoms with E-state index in [2.05, 4.69) is 10.1 Å². The maximum Gasteiger partial charge on any atom is 0.347 e. The summed E-state index contributed by atoms with van der Waals surface area (Å²) in [5.41, 5.74) is 2.97. The molecular weight excluding hydrogens is 573 g/mol. The van der Waals surface area contributed by atoms with Crippen LogP contribution in [0, 0.1) is 6.92 Å². The number of anilines is 1. The predicted octanol–water partition coefficient (Wildman–Crippen LogP) is 7.06. The molecule has 1 saturated heterocycles. The van der Waals surface area contributed by atoms with Gasteiger partial charge in [-0.3, -0.25) is 0 Å². The first kappa shape index (κ1) is 27.1. The summed E-state index contributed by atoms with van der Waals surface area (Å²) in [4.78, 5) is 17.6. The number of aromatic nitrogens is 2. The number of nitrogens with zero attached hydrogens (tertiary/aromatic N) is 3. The lowest BCUT2D eigenvalue weighted by molar-refractivity contribution is 0.0118. The van der Waals surface area contributed by atoms with E-state index in [0.717, 1.165) is 46.6 Å². The van der Waals surface area contributed by atoms with Gasteiger partial charge in [-0.2, -0.15) is 0 Å². The van der Waals surface area contributed by atoms with Gasteiger partial charge in [-0.1, -0.05) is 57.9 Å². The first-order chi connectivity index (χ1) is 19.2. The highest BCUT2D eigenvalue weighted by Gasteiger charge is 2.37. The van der Waals surface area contributed by atoms with Crippen molar-refractivity contribution in [2.75, 3.05) is 18.0 Å². The third-order valence-corrected chi connectivity index (χ3v) is 9.29. The van der Waals surface area contributed by atoms with Crippen molar-refractivity contribution < 1.29 is 24.3 Å². The molecule has 2 aliphatic rings. The van der Waals surface area contributed by atoms with Gasteiger partial charge in [0.2, 0.25) is 0 Å². The maximum absolute atomic E-state index is 11.5. The molecule has 1 saturated carbocycles. The van der Waals surface area contributed by atoms with Crippen LogP contribution in [-0.4, -0.2) is 39.4 Å². The molecule has 3 heterocycles. The average Bonchev–Trinajstić information content (AvgIpc) is 3.49. The summed E-state index contributed by atoms with van der Waals surface area (Å²) in [6.45, 7) is 3.30. The van der Waals surface area contributed by atoms with Crippen LogP contribution in [-0.2, 0) is 12.2 Å². The normalized spacial score (nSPS) is 16.8. The van der Waals surface area contributed by atoms with E-state index in [-0.39, 0.29) is 11.5 Å². The van der Waals surface area contributed by atoms with E-state index in [1.165, 1.54) is 6.20 Å². The fourth-order valence-electron chi connectivity index (χ4n) is 5.22. The molecule has 4 aromatic rings. The van der Waals surface area contributed by atoms with Gasteiger partial charge in [-0.15, -0.1) is 0 Å². The second kappa shape index (κ2) is 10.7. The number of aliphatic hydroxyl groups is 1. The maximum atomic E-state index is 11.5. The van der Waals surface area contributed by atoms with Crippen molar-refractivity contribution in [2.45, 2.75) is 50.7 Å². The van der Waals surface area contributed by atoms with Crippen molar-refractivity contribution in [2.24, 2.45) is 0 Å². The molecule has 6 rings (SSSR count). The van der Waals surface area contributed by atoms with Gasteiger partial charge < -0.3 is 24.4 Å². The minimum absolute atomic E-state index is 0.194. The smallest absolute Gasteiger partial charge is 0.347 e. The average molecular weight is 601 g/mol. The Morgan fingerprint density at radius 2 is 1.98 bits per heavy atom. The summed E-state index contributed by atoms with van der Waals surface area (Å²) in [5, 5.41) is 26.7. The Morgan fingerprint density at radius 1 is 1.20 bits per heavy atom. The van der Waals surface area contributed by atoms with Gasteiger partial charge in [0, 0.05) is 30.1 Å². The van der Waals surface area contributed by atoms with E-state index in [1.807, 2.05) is 42.2 Å². The minimum atomic E-state index is -1.11. The molecule has 8 nitrogen and oxygen atoms in total. The van der Waals surface area contributed by atoms with Crippen molar-refractivity contribution in [3.05, 3.63) is 80.0 Å². The van der Waals surface area contributed by atoms with Crippen molar-refractivity contribution in [1.82, 2.24) is 10.1 Å². The van der Waals surface area contributed by atoms with Gasteiger partial charge in [0.25, 0.3) is 0 Å². The van der Waals surface area contributed by atoms with Gasteiger partial charge in [0.05, 0.1) is 27.4 Å². The van der Waals surface area contributed by atoms with Crippen molar-refractivity contribution in [3.8, 4) is 17.0 Å². The highest BCUT2D eigenvalue weighted by atomic mass is 35.5. The Balaban J connectivity index is 1.17. The highest BCUT2D eigenvalue weighted by Crippen LogP contribution is 2.46. The van der Waals surface area contributed by atoms with Crippen molar-refractivity contribution in [3.63, 3.8) is 0 Å². The number of hydrogen-bond donors (Lipinski definition) is 2. The zero-order chi connectivity index (χ0) is 28.0. The molecule has 0 unspecified atom stereocenters. The van der Waals surface area contributed by atoms with Crippen LogP contribution in [0.4, 0.5) is 5.13 Å². The minimum Gasteiger partial charge on any atom is -0.489 e. The predicted molar refractivity (Wildman–Crippen MR) is 154 cm³/mol. The molecule has 2 N–H and O–H groups in total. The number of benzene rings is 2. The molecule has 1 aliphatic heterocycles. The van der Waals surface area contributed by atoms with Crippen LogP contribution >= 0.6 is 34.5 Å². The summed E-state index contributed by atoms with van der Waals surface area (Å²) < 4.78 is 12.0. The molecule has 11 heteroatoms. The lowest BCUT2D eigenvalue weighted by atomic mass is 9.84. The Hall–Kier alpha value is -3.11. The van der Waals surface area contributed by atoms with E-state index in [4.69, 9.17) is 32.5 Å². The summed E-state index contributed by atoms with van der Waals surface area (Å²) >= 11 is 14.4. The summed E-state index contributed by atoms with van der Waals surface area (Å²) in [7, 11) is 0. The number of carbonyl (C=O) groups is 1. The first-order valence-corrected chi connectivity index (χ1v) is 14.6. The number of rotatable bonds is 8. The standard InChI is InChI=1S/C29H27Cl2N3O5S/c1-16-3-2-4-21(30)24(16)25-19(26(39-33-25)17-5-6-17)15-38-18-7-8-20(22(31)13-18)29(37)9-11-34(12-10-29)28-32-14-23(40-28)27(35)36/h2-4,7-8,13-14,17,37H,5-6,9-12,15H2,1H3,(H,35,36). The van der Waals surface area contributed by atoms with E-state index in [1.54, 1.807) is 6.07 Å². The topological polar surface area (TPSA) is 109 Å². The molecule has 0 amide bonds. The van der Waals surface area contributed by atoms with Crippen LogP contribution in [0.5, 0.6) is 5.75 Å². The summed E-state index contributed by atoms with van der Waals surface area (Å²) in [6.07, 6.45) is 4.35. The van der Waals surface area contributed by atoms with Crippen LogP contribution in [0.15, 0.2) is 47.1 Å². The van der Waals surface area contributed by atoms with Crippen molar-refractivity contribution >= 4 is 45.6 Å². The van der Waals surface area contributed by atoms with E-state index >= 15 is 0 Å². The highest BCUT2D eigenvalue weighted by molar-refractivity contribution is 7.17. The largest absolute Gasteiger partial charge is 0.489 e. The van der Waals surface area contributed by atoms with Crippen LogP contribution in [0.2, 0.25) is 10.0 Å². The number of aromatic carboxylic acids is 1. The zero-order valence-electron chi connectivity index (χ0n) is 21.7. The van der Waals surface area contributed by atoms with Crippen LogP contribution in [0.1, 0.15) is 63.7 Å². The molecule has 0 atom stereocenters. The molecule has 2 aromatic carbocycles. The number of aryl methyl sites for hydroxylation is 1. The first-order valence-electron chi connectivity index (χ1n) is 13.1. The molecule has 1 aliphatic carbocycles. The van der Waals surface area contributed by atoms with E-state index in [9.17, 15) is 15.0 Å². The molecule has 2 fully saturated rings. The van der Waals surface area contributed by atoms with E-state index in [0.29, 0.717) is 64.0 Å². The Bertz CT molecular complexity index is 1550. The molecule has 40 heavy (non-hydrogen) atoms. The van der Waals surface area contributed by atoms with Gasteiger partial charge in [-0.05, 0) is 56.4 Å². The Morgan fingerprint density at radius 3 is 2.62 bits per heavy atom. The second-order valence-electron chi connectivity index (χ2n) is 10.3. The van der Waals surface area contributed by atoms with Crippen molar-refractivity contribution in [1.29, 1.82) is 0 Å². The van der Waals surface area contributed by atoms with Gasteiger partial charge in [0.15, 0.2) is 5.13 Å². The quantitative estimate of drug-likeness (QED) is 0.221. The summed E-state index contributed by atoms with van der Waals surface area (Å²) in [6, 6.07) is 11.1.